The average Bonchev–Trinajstić information content (AvgIpc) is 3.25. The first kappa shape index (κ1) is 19.9. The van der Waals surface area contributed by atoms with E-state index < -0.39 is 0 Å². The van der Waals surface area contributed by atoms with Crippen LogP contribution in [-0.2, 0) is 0 Å². The van der Waals surface area contributed by atoms with Gasteiger partial charge in [-0.15, -0.1) is 0 Å². The zero-order chi connectivity index (χ0) is 20.4. The molecule has 0 N–H and O–H groups in total. The van der Waals surface area contributed by atoms with Crippen LogP contribution in [0.25, 0.3) is 11.4 Å². The third-order valence-corrected chi connectivity index (χ3v) is 5.70. The van der Waals surface area contributed by atoms with E-state index >= 15 is 0 Å². The van der Waals surface area contributed by atoms with Crippen LogP contribution in [0.4, 0.5) is 0 Å². The Hall–Kier alpha value is -2.41. The van der Waals surface area contributed by atoms with Gasteiger partial charge in [0.25, 0.3) is 5.91 Å². The SMILES string of the molecule is CC(c1nc(-c2ccccc2)no1)N1CCN(C(=O)c2cc(Cl)ccc2Cl)CC1. The van der Waals surface area contributed by atoms with Gasteiger partial charge in [0, 0.05) is 36.8 Å². The fourth-order valence-corrected chi connectivity index (χ4v) is 3.78. The topological polar surface area (TPSA) is 62.5 Å². The molecule has 1 aliphatic heterocycles. The summed E-state index contributed by atoms with van der Waals surface area (Å²) in [4.78, 5) is 21.4. The van der Waals surface area contributed by atoms with Crippen molar-refractivity contribution in [2.75, 3.05) is 26.2 Å². The zero-order valence-corrected chi connectivity index (χ0v) is 17.4. The van der Waals surface area contributed by atoms with Crippen LogP contribution in [0.3, 0.4) is 0 Å². The molecular weight excluding hydrogens is 411 g/mol. The molecule has 6 nitrogen and oxygen atoms in total. The van der Waals surface area contributed by atoms with Crippen LogP contribution in [0, 0.1) is 0 Å². The van der Waals surface area contributed by atoms with Crippen molar-refractivity contribution < 1.29 is 9.32 Å². The fourth-order valence-electron chi connectivity index (χ4n) is 3.41. The van der Waals surface area contributed by atoms with Gasteiger partial charge in [0.2, 0.25) is 11.7 Å². The summed E-state index contributed by atoms with van der Waals surface area (Å²) >= 11 is 12.2. The lowest BCUT2D eigenvalue weighted by atomic mass is 10.1. The van der Waals surface area contributed by atoms with Gasteiger partial charge < -0.3 is 9.42 Å². The first-order chi connectivity index (χ1) is 14.0. The molecule has 0 radical (unpaired) electrons. The van der Waals surface area contributed by atoms with E-state index in [1.165, 1.54) is 0 Å². The minimum absolute atomic E-state index is 0.0352. The average molecular weight is 431 g/mol. The smallest absolute Gasteiger partial charge is 0.255 e. The largest absolute Gasteiger partial charge is 0.337 e. The standard InChI is InChI=1S/C21H20Cl2N4O2/c1-14(20-24-19(25-29-20)15-5-3-2-4-6-15)26-9-11-27(12-10-26)21(28)17-13-16(22)7-8-18(17)23/h2-8,13-14H,9-12H2,1H3. The minimum atomic E-state index is -0.103. The maximum atomic E-state index is 12.8. The van der Waals surface area contributed by atoms with Crippen molar-refractivity contribution in [1.29, 1.82) is 0 Å². The molecule has 29 heavy (non-hydrogen) atoms. The van der Waals surface area contributed by atoms with E-state index in [4.69, 9.17) is 27.7 Å². The normalized spacial score (nSPS) is 16.0. The monoisotopic (exact) mass is 430 g/mol. The molecule has 8 heteroatoms. The molecule has 0 saturated carbocycles. The number of halogens is 2. The highest BCUT2D eigenvalue weighted by Gasteiger charge is 2.29. The van der Waals surface area contributed by atoms with Gasteiger partial charge in [-0.2, -0.15) is 4.98 Å². The number of piperazine rings is 1. The lowest BCUT2D eigenvalue weighted by molar-refractivity contribution is 0.0552. The Kier molecular flexibility index (Phi) is 5.85. The predicted octanol–water partition coefficient (Wildman–Crippen LogP) is 4.56. The summed E-state index contributed by atoms with van der Waals surface area (Å²) < 4.78 is 5.49. The quantitative estimate of drug-likeness (QED) is 0.606. The van der Waals surface area contributed by atoms with Gasteiger partial charge in [0.1, 0.15) is 0 Å². The third kappa shape index (κ3) is 4.29. The first-order valence-electron chi connectivity index (χ1n) is 9.40. The second kappa shape index (κ2) is 8.53. The molecule has 1 saturated heterocycles. The van der Waals surface area contributed by atoms with Crippen LogP contribution in [0.5, 0.6) is 0 Å². The highest BCUT2D eigenvalue weighted by Crippen LogP contribution is 2.26. The van der Waals surface area contributed by atoms with E-state index in [9.17, 15) is 4.79 Å². The van der Waals surface area contributed by atoms with Crippen LogP contribution in [0.15, 0.2) is 53.1 Å². The Morgan fingerprint density at radius 1 is 1.07 bits per heavy atom. The van der Waals surface area contributed by atoms with Crippen LogP contribution < -0.4 is 0 Å². The number of carbonyl (C=O) groups is 1. The summed E-state index contributed by atoms with van der Waals surface area (Å²) in [6, 6.07) is 14.6. The van der Waals surface area contributed by atoms with Crippen molar-refractivity contribution in [3.63, 3.8) is 0 Å². The molecule has 2 heterocycles. The Balaban J connectivity index is 1.40. The van der Waals surface area contributed by atoms with Crippen LogP contribution in [-0.4, -0.2) is 52.0 Å². The molecular formula is C21H20Cl2N4O2. The maximum absolute atomic E-state index is 12.8. The van der Waals surface area contributed by atoms with Gasteiger partial charge in [-0.1, -0.05) is 58.7 Å². The Bertz CT molecular complexity index is 1000. The zero-order valence-electron chi connectivity index (χ0n) is 15.9. The number of carbonyl (C=O) groups excluding carboxylic acids is 1. The Labute approximate surface area is 179 Å². The van der Waals surface area contributed by atoms with Gasteiger partial charge in [-0.25, -0.2) is 0 Å². The highest BCUT2D eigenvalue weighted by atomic mass is 35.5. The molecule has 1 unspecified atom stereocenters. The number of hydrogen-bond acceptors (Lipinski definition) is 5. The van der Waals surface area contributed by atoms with E-state index in [-0.39, 0.29) is 11.9 Å². The number of nitrogens with zero attached hydrogens (tertiary/aromatic N) is 4. The summed E-state index contributed by atoms with van der Waals surface area (Å²) in [5.74, 6) is 1.05. The summed E-state index contributed by atoms with van der Waals surface area (Å²) in [6.07, 6.45) is 0. The molecule has 1 amide bonds. The van der Waals surface area contributed by atoms with Crippen LogP contribution in [0.2, 0.25) is 10.0 Å². The Morgan fingerprint density at radius 3 is 2.52 bits per heavy atom. The lowest BCUT2D eigenvalue weighted by Gasteiger charge is -2.37. The minimum Gasteiger partial charge on any atom is -0.337 e. The number of aromatic nitrogens is 2. The molecule has 2 aromatic carbocycles. The molecule has 0 bridgehead atoms. The van der Waals surface area contributed by atoms with Crippen molar-refractivity contribution in [2.24, 2.45) is 0 Å². The molecule has 1 fully saturated rings. The second-order valence-electron chi connectivity index (χ2n) is 6.95. The number of amides is 1. The molecule has 1 aromatic heterocycles. The van der Waals surface area contributed by atoms with E-state index in [1.807, 2.05) is 37.3 Å². The predicted molar refractivity (Wildman–Crippen MR) is 112 cm³/mol. The highest BCUT2D eigenvalue weighted by molar-refractivity contribution is 6.35. The lowest BCUT2D eigenvalue weighted by Crippen LogP contribution is -2.49. The number of hydrogen-bond donors (Lipinski definition) is 0. The van der Waals surface area contributed by atoms with Gasteiger partial charge in [-0.05, 0) is 25.1 Å². The van der Waals surface area contributed by atoms with Gasteiger partial charge in [0.05, 0.1) is 16.6 Å². The van der Waals surface area contributed by atoms with Crippen LogP contribution in [0.1, 0.15) is 29.2 Å². The van der Waals surface area contributed by atoms with E-state index in [2.05, 4.69) is 15.0 Å². The summed E-state index contributed by atoms with van der Waals surface area (Å²) in [6.45, 7) is 4.62. The van der Waals surface area contributed by atoms with E-state index in [1.54, 1.807) is 23.1 Å². The number of benzene rings is 2. The molecule has 4 rings (SSSR count). The van der Waals surface area contributed by atoms with E-state index in [0.717, 1.165) is 5.56 Å². The van der Waals surface area contributed by atoms with Gasteiger partial charge in [0.15, 0.2) is 0 Å². The summed E-state index contributed by atoms with van der Waals surface area (Å²) in [7, 11) is 0. The molecule has 0 spiro atoms. The summed E-state index contributed by atoms with van der Waals surface area (Å²) in [5, 5.41) is 5.01. The third-order valence-electron chi connectivity index (χ3n) is 5.14. The number of rotatable bonds is 4. The second-order valence-corrected chi connectivity index (χ2v) is 7.79. The van der Waals surface area contributed by atoms with Crippen molar-refractivity contribution in [1.82, 2.24) is 19.9 Å². The maximum Gasteiger partial charge on any atom is 0.255 e. The van der Waals surface area contributed by atoms with Gasteiger partial charge in [-0.3, -0.25) is 9.69 Å². The fraction of sp³-hybridized carbons (Fsp3) is 0.286. The molecule has 150 valence electrons. The van der Waals surface area contributed by atoms with Crippen molar-refractivity contribution in [3.8, 4) is 11.4 Å². The molecule has 1 atom stereocenters. The molecule has 0 aliphatic carbocycles. The summed E-state index contributed by atoms with van der Waals surface area (Å²) in [5.41, 5.74) is 1.36. The van der Waals surface area contributed by atoms with Crippen molar-refractivity contribution in [2.45, 2.75) is 13.0 Å². The molecule has 3 aromatic rings. The Morgan fingerprint density at radius 2 is 1.79 bits per heavy atom. The van der Waals surface area contributed by atoms with Crippen molar-refractivity contribution >= 4 is 29.1 Å². The molecule has 1 aliphatic rings. The van der Waals surface area contributed by atoms with Crippen LogP contribution >= 0.6 is 23.2 Å². The first-order valence-corrected chi connectivity index (χ1v) is 10.2. The van der Waals surface area contributed by atoms with Gasteiger partial charge >= 0.3 is 0 Å². The van der Waals surface area contributed by atoms with Crippen molar-refractivity contribution in [3.05, 3.63) is 70.0 Å². The van der Waals surface area contributed by atoms with E-state index in [0.29, 0.717) is 53.5 Å².